The number of ketones is 1. The van der Waals surface area contributed by atoms with Gasteiger partial charge in [0, 0.05) is 52.0 Å². The van der Waals surface area contributed by atoms with E-state index < -0.39 is 41.8 Å². The molecule has 2 fully saturated rings. The molecule has 1 unspecified atom stereocenters. The van der Waals surface area contributed by atoms with E-state index in [1.165, 1.54) is 4.88 Å². The molecule has 2 aromatic rings. The Bertz CT molecular complexity index is 1560. The second-order valence-electron chi connectivity index (χ2n) is 14.1. The molecule has 0 radical (unpaired) electrons. The van der Waals surface area contributed by atoms with Crippen molar-refractivity contribution in [2.75, 3.05) is 25.2 Å². The third-order valence-corrected chi connectivity index (χ3v) is 13.9. The normalized spacial score (nSPS) is 27.5. The highest BCUT2D eigenvalue weighted by Crippen LogP contribution is 2.62. The zero-order valence-corrected chi connectivity index (χ0v) is 28.8. The van der Waals surface area contributed by atoms with Gasteiger partial charge in [0.05, 0.1) is 13.7 Å². The van der Waals surface area contributed by atoms with Gasteiger partial charge < -0.3 is 14.4 Å². The quantitative estimate of drug-likeness (QED) is 0.231. The van der Waals surface area contributed by atoms with E-state index in [4.69, 9.17) is 9.47 Å². The summed E-state index contributed by atoms with van der Waals surface area (Å²) < 4.78 is 88.6. The average molecular weight is 716 g/mol. The van der Waals surface area contributed by atoms with Crippen LogP contribution < -0.4 is 9.47 Å². The highest BCUT2D eigenvalue weighted by atomic mass is 32.2. The van der Waals surface area contributed by atoms with E-state index in [9.17, 15) is 35.8 Å². The summed E-state index contributed by atoms with van der Waals surface area (Å²) in [6.45, 7) is 3.14. The first-order valence-corrected chi connectivity index (χ1v) is 19.1. The molecule has 1 aliphatic heterocycles. The van der Waals surface area contributed by atoms with Gasteiger partial charge in [0.2, 0.25) is 0 Å². The van der Waals surface area contributed by atoms with Gasteiger partial charge in [0.25, 0.3) is 0 Å². The van der Waals surface area contributed by atoms with Crippen LogP contribution in [-0.2, 0) is 35.0 Å². The van der Waals surface area contributed by atoms with Gasteiger partial charge >= 0.3 is 18.2 Å². The van der Waals surface area contributed by atoms with Crippen LogP contribution in [0.25, 0.3) is 0 Å². The summed E-state index contributed by atoms with van der Waals surface area (Å²) in [7, 11) is 0.0329. The number of halogens is 5. The van der Waals surface area contributed by atoms with Gasteiger partial charge in [-0.05, 0) is 115 Å². The van der Waals surface area contributed by atoms with Crippen LogP contribution in [0, 0.1) is 23.2 Å². The maximum atomic E-state index is 13.3. The monoisotopic (exact) mass is 715 g/mol. The van der Waals surface area contributed by atoms with E-state index in [1.807, 2.05) is 23.6 Å². The molecule has 0 N–H and O–H groups in total. The van der Waals surface area contributed by atoms with E-state index in [-0.39, 0.29) is 40.6 Å². The molecule has 264 valence electrons. The number of thiophene rings is 1. The molecule has 2 heterocycles. The Kier molecular flexibility index (Phi) is 10.0. The van der Waals surface area contributed by atoms with E-state index in [0.717, 1.165) is 42.4 Å². The third-order valence-electron chi connectivity index (χ3n) is 11.4. The number of hydrogen-bond donors (Lipinski definition) is 0. The molecule has 6 nitrogen and oxygen atoms in total. The number of benzene rings is 1. The highest BCUT2D eigenvalue weighted by Gasteiger charge is 2.57. The van der Waals surface area contributed by atoms with Crippen LogP contribution in [0.5, 0.6) is 11.5 Å². The maximum absolute atomic E-state index is 13.3. The van der Waals surface area contributed by atoms with E-state index in [1.54, 1.807) is 23.3 Å². The Morgan fingerprint density at radius 1 is 1.08 bits per heavy atom. The number of alkyl halides is 5. The van der Waals surface area contributed by atoms with Crippen molar-refractivity contribution in [3.8, 4) is 11.5 Å². The minimum atomic E-state index is -5.61. The lowest BCUT2D eigenvalue weighted by molar-refractivity contribution is -0.284. The number of hydrogen-bond acceptors (Lipinski definition) is 6. The number of carbonyl (C=O) groups excluding carboxylic acids is 2. The van der Waals surface area contributed by atoms with Gasteiger partial charge in [-0.2, -0.15) is 22.0 Å². The molecule has 2 saturated carbocycles. The molecular formula is C35H42F5NO5S2. The Balaban J connectivity index is 1.18. The van der Waals surface area contributed by atoms with Crippen LogP contribution in [0.2, 0.25) is 0 Å². The summed E-state index contributed by atoms with van der Waals surface area (Å²) in [6.07, 6.45) is -2.26. The fourth-order valence-corrected chi connectivity index (χ4v) is 10.9. The summed E-state index contributed by atoms with van der Waals surface area (Å²) in [5.41, 5.74) is 2.93. The fraction of sp³-hybridized carbons (Fsp3) is 0.657. The predicted octanol–water partition coefficient (Wildman–Crippen LogP) is 8.47. The highest BCUT2D eigenvalue weighted by molar-refractivity contribution is 7.84. The first-order chi connectivity index (χ1) is 22.7. The zero-order valence-electron chi connectivity index (χ0n) is 27.2. The molecule has 0 bridgehead atoms. The van der Waals surface area contributed by atoms with Gasteiger partial charge in [0.15, 0.2) is 11.5 Å². The van der Waals surface area contributed by atoms with Crippen molar-refractivity contribution in [1.29, 1.82) is 0 Å². The molecule has 13 heteroatoms. The van der Waals surface area contributed by atoms with Crippen molar-refractivity contribution in [3.05, 3.63) is 45.1 Å². The van der Waals surface area contributed by atoms with E-state index in [0.29, 0.717) is 56.1 Å². The van der Waals surface area contributed by atoms with Gasteiger partial charge in [0.1, 0.15) is 5.78 Å². The van der Waals surface area contributed by atoms with Crippen LogP contribution in [0.15, 0.2) is 23.6 Å². The first-order valence-electron chi connectivity index (χ1n) is 16.8. The number of methoxy groups -OCH3 is 1. The molecule has 4 aliphatic rings. The van der Waals surface area contributed by atoms with Crippen LogP contribution in [0.4, 0.5) is 26.7 Å². The zero-order chi connectivity index (χ0) is 34.4. The van der Waals surface area contributed by atoms with Crippen molar-refractivity contribution in [2.24, 2.45) is 23.2 Å². The topological polar surface area (TPSA) is 72.9 Å². The Morgan fingerprint density at radius 3 is 2.60 bits per heavy atom. The summed E-state index contributed by atoms with van der Waals surface area (Å²) in [4.78, 5) is 29.4. The largest absolute Gasteiger partial charge is 0.493 e. The summed E-state index contributed by atoms with van der Waals surface area (Å²) in [6, 6.07) is 5.93. The Labute approximate surface area is 284 Å². The lowest BCUT2D eigenvalue weighted by Gasteiger charge is -2.52. The van der Waals surface area contributed by atoms with E-state index >= 15 is 0 Å². The smallest absolute Gasteiger partial charge is 0.453 e. The summed E-state index contributed by atoms with van der Waals surface area (Å²) >= 11 is 1.69. The van der Waals surface area contributed by atoms with Crippen LogP contribution >= 0.6 is 11.3 Å². The second kappa shape index (κ2) is 13.6. The number of Topliss-reactive ketones (excluding diaryl/α,β-unsaturated/α-hetero) is 1. The molecule has 48 heavy (non-hydrogen) atoms. The van der Waals surface area contributed by atoms with Gasteiger partial charge in [-0.15, -0.1) is 11.3 Å². The number of nitrogens with zero attached hydrogens (tertiary/aromatic N) is 1. The molecular weight excluding hydrogens is 674 g/mol. The van der Waals surface area contributed by atoms with Crippen molar-refractivity contribution < 1.29 is 45.2 Å². The molecule has 1 amide bonds. The third kappa shape index (κ3) is 6.79. The molecule has 6 atom stereocenters. The Morgan fingerprint density at radius 2 is 1.85 bits per heavy atom. The van der Waals surface area contributed by atoms with Crippen LogP contribution in [0.1, 0.15) is 85.8 Å². The number of amides is 1. The van der Waals surface area contributed by atoms with Gasteiger partial charge in [-0.25, -0.2) is 4.79 Å². The molecule has 0 spiro atoms. The van der Waals surface area contributed by atoms with Crippen molar-refractivity contribution in [2.45, 2.75) is 95.7 Å². The molecule has 1 aromatic heterocycles. The first kappa shape index (κ1) is 35.3. The fourth-order valence-electron chi connectivity index (χ4n) is 8.85. The van der Waals surface area contributed by atoms with Crippen molar-refractivity contribution >= 4 is 34.0 Å². The van der Waals surface area contributed by atoms with Crippen LogP contribution in [-0.4, -0.2) is 58.2 Å². The number of rotatable bonds is 10. The maximum Gasteiger partial charge on any atom is 0.453 e. The predicted molar refractivity (Wildman–Crippen MR) is 173 cm³/mol. The SMILES string of the molecule is COc1cc2c(cc1OC(=O)N1CCc3sccc3C1)C[C@@H](CCCS(=O)CCCC(F)(F)C(F)(F)F)[C@@H]1[C@@H]2CC[C@]2(C)C(=O)CC[C@@H]12. The molecule has 3 aliphatic carbocycles. The van der Waals surface area contributed by atoms with Crippen molar-refractivity contribution in [1.82, 2.24) is 4.90 Å². The van der Waals surface area contributed by atoms with Gasteiger partial charge in [-0.3, -0.25) is 9.00 Å². The molecule has 6 rings (SSSR count). The van der Waals surface area contributed by atoms with Crippen LogP contribution in [0.3, 0.4) is 0 Å². The van der Waals surface area contributed by atoms with Gasteiger partial charge in [-0.1, -0.05) is 6.92 Å². The number of ether oxygens (including phenoxy) is 2. The average Bonchev–Trinajstić information content (AvgIpc) is 3.63. The summed E-state index contributed by atoms with van der Waals surface area (Å²) in [5, 5.41) is 2.03. The lowest BCUT2D eigenvalue weighted by Crippen LogP contribution is -2.46. The second-order valence-corrected chi connectivity index (χ2v) is 16.8. The standard InChI is InChI=1S/C35H42F5NO5S2/c1-33-12-8-24-25-19-27(45-2)28(46-32(43)41-13-9-29-22(20-41)10-14-47-29)18-23(25)17-21(31(24)26(33)6-7-30(33)42)5-3-15-48(44)16-4-11-34(36,37)35(38,39)40/h10,14,18-19,21,24,26,31H,3-9,11-13,15-17,20H2,1-2H3/t21-,24-,26+,31-,33+,48?/m1/s1. The number of fused-ring (bicyclic) bond motifs is 6. The number of carbonyl (C=O) groups is 2. The minimum Gasteiger partial charge on any atom is -0.493 e. The lowest BCUT2D eigenvalue weighted by atomic mass is 9.52. The minimum absolute atomic E-state index is 0.139. The Hall–Kier alpha value is -2.54. The molecule has 0 saturated heterocycles. The van der Waals surface area contributed by atoms with E-state index in [2.05, 4.69) is 6.92 Å². The van der Waals surface area contributed by atoms with Crippen molar-refractivity contribution in [3.63, 3.8) is 0 Å². The molecule has 1 aromatic carbocycles. The summed E-state index contributed by atoms with van der Waals surface area (Å²) in [5.74, 6) is -2.94.